The van der Waals surface area contributed by atoms with Crippen molar-refractivity contribution in [3.05, 3.63) is 102 Å². The van der Waals surface area contributed by atoms with Crippen molar-refractivity contribution in [2.75, 3.05) is 13.2 Å². The van der Waals surface area contributed by atoms with Gasteiger partial charge in [-0.2, -0.15) is 0 Å². The fraction of sp³-hybridized carbons (Fsp3) is 0.617. The molecule has 0 aromatic heterocycles. The van der Waals surface area contributed by atoms with Gasteiger partial charge in [0.2, 0.25) is 0 Å². The zero-order valence-corrected chi connectivity index (χ0v) is 37.7. The summed E-state index contributed by atoms with van der Waals surface area (Å²) in [5, 5.41) is 10.6. The molecule has 6 rings (SSSR count). The summed E-state index contributed by atoms with van der Waals surface area (Å²) in [6.07, 6.45) is -5.43. The number of para-hydroxylation sites is 1. The lowest BCUT2D eigenvalue weighted by Gasteiger charge is -2.48. The molecule has 59 heavy (non-hydrogen) atoms. The van der Waals surface area contributed by atoms with Crippen LogP contribution in [0, 0.1) is 0 Å². The van der Waals surface area contributed by atoms with Crippen LogP contribution in [0.5, 0.6) is 5.75 Å². The molecule has 9 atom stereocenters. The molecule has 3 saturated heterocycles. The van der Waals surface area contributed by atoms with Gasteiger partial charge in [0, 0.05) is 6.42 Å². The van der Waals surface area contributed by atoms with Gasteiger partial charge in [0.15, 0.2) is 38.6 Å². The Morgan fingerprint density at radius 1 is 0.678 bits per heavy atom. The number of benzene rings is 3. The van der Waals surface area contributed by atoms with E-state index in [0.717, 1.165) is 11.1 Å². The summed E-state index contributed by atoms with van der Waals surface area (Å²) in [5.41, 5.74) is 3.10. The summed E-state index contributed by atoms with van der Waals surface area (Å²) in [6, 6.07) is 29.8. The summed E-state index contributed by atoms with van der Waals surface area (Å²) in [7, 11) is -2.36. The highest BCUT2D eigenvalue weighted by atomic mass is 28.4. The van der Waals surface area contributed by atoms with Crippen LogP contribution in [0.1, 0.15) is 86.8 Å². The third kappa shape index (κ3) is 11.8. The Balaban J connectivity index is 1.37. The highest BCUT2D eigenvalue weighted by molar-refractivity contribution is 6.77. The number of aliphatic hydroxyl groups is 1. The molecule has 3 aromatic carbocycles. The van der Waals surface area contributed by atoms with E-state index in [1.54, 1.807) is 13.8 Å². The maximum absolute atomic E-state index is 10.6. The second kappa shape index (κ2) is 20.0. The topological polar surface area (TPSA) is 113 Å². The molecule has 3 aromatic rings. The Bertz CT molecular complexity index is 1660. The molecule has 0 spiro atoms. The van der Waals surface area contributed by atoms with E-state index in [-0.39, 0.29) is 19.3 Å². The Kier molecular flexibility index (Phi) is 15.5. The van der Waals surface area contributed by atoms with E-state index >= 15 is 0 Å². The van der Waals surface area contributed by atoms with Gasteiger partial charge in [-0.05, 0) is 67.6 Å². The molecule has 0 amide bonds. The molecule has 7 unspecified atom stereocenters. The molecule has 3 fully saturated rings. The summed E-state index contributed by atoms with van der Waals surface area (Å²) >= 11 is 0. The summed E-state index contributed by atoms with van der Waals surface area (Å²) in [6.45, 7) is 21.6. The first kappa shape index (κ1) is 45.8. The van der Waals surface area contributed by atoms with E-state index in [4.69, 9.17) is 47.1 Å². The first-order valence-corrected chi connectivity index (χ1v) is 23.5. The second-order valence-electron chi connectivity index (χ2n) is 18.0. The molecule has 3 heterocycles. The normalized spacial score (nSPS) is 28.6. The number of fused-ring (bicyclic) bond motifs is 1. The van der Waals surface area contributed by atoms with Crippen molar-refractivity contribution in [3.63, 3.8) is 0 Å². The van der Waals surface area contributed by atoms with Crippen LogP contribution in [0.3, 0.4) is 0 Å². The average Bonchev–Trinajstić information content (AvgIpc) is 3.50. The van der Waals surface area contributed by atoms with Crippen molar-refractivity contribution in [2.45, 2.75) is 172 Å². The first-order valence-electron chi connectivity index (χ1n) is 21.4. The Labute approximate surface area is 353 Å². The molecule has 0 bridgehead atoms. The smallest absolute Gasteiger partial charge is 0.200 e. The van der Waals surface area contributed by atoms with Gasteiger partial charge in [-0.25, -0.2) is 0 Å². The van der Waals surface area contributed by atoms with Gasteiger partial charge in [0.05, 0.1) is 32.5 Å². The summed E-state index contributed by atoms with van der Waals surface area (Å²) in [5.74, 6) is -1.64. The molecule has 3 aliphatic heterocycles. The largest absolute Gasteiger partial charge is 0.482 e. The fourth-order valence-electron chi connectivity index (χ4n) is 9.18. The van der Waals surface area contributed by atoms with Crippen molar-refractivity contribution in [1.29, 1.82) is 0 Å². The van der Waals surface area contributed by atoms with E-state index in [1.807, 2.05) is 92.7 Å². The molecule has 3 aliphatic rings. The zero-order valence-electron chi connectivity index (χ0n) is 36.7. The predicted molar refractivity (Wildman–Crippen MR) is 227 cm³/mol. The van der Waals surface area contributed by atoms with Crippen LogP contribution < -0.4 is 4.74 Å². The van der Waals surface area contributed by atoms with Crippen molar-refractivity contribution < 1.29 is 52.2 Å². The average molecular weight is 837 g/mol. The third-order valence-corrected chi connectivity index (χ3v) is 17.6. The lowest BCUT2D eigenvalue weighted by Crippen LogP contribution is -2.64. The fourth-order valence-corrected chi connectivity index (χ4v) is 14.6. The van der Waals surface area contributed by atoms with E-state index in [1.165, 1.54) is 0 Å². The molecule has 12 heteroatoms. The van der Waals surface area contributed by atoms with Crippen LogP contribution in [-0.2, 0) is 55.5 Å². The lowest BCUT2D eigenvalue weighted by molar-refractivity contribution is -0.336. The molecule has 0 aliphatic carbocycles. The Hall–Kier alpha value is -2.72. The maximum Gasteiger partial charge on any atom is 0.200 e. The van der Waals surface area contributed by atoms with E-state index in [2.05, 4.69) is 53.7 Å². The molecule has 11 nitrogen and oxygen atoms in total. The lowest BCUT2D eigenvalue weighted by atomic mass is 9.97. The van der Waals surface area contributed by atoms with Crippen LogP contribution in [0.25, 0.3) is 0 Å². The third-order valence-electron chi connectivity index (χ3n) is 11.6. The second-order valence-corrected chi connectivity index (χ2v) is 23.4. The molecular formula is C47H68O11Si. The van der Waals surface area contributed by atoms with Gasteiger partial charge >= 0.3 is 0 Å². The Morgan fingerprint density at radius 3 is 1.76 bits per heavy atom. The van der Waals surface area contributed by atoms with Crippen LogP contribution >= 0.6 is 0 Å². The van der Waals surface area contributed by atoms with Crippen LogP contribution in [0.2, 0.25) is 16.6 Å². The molecule has 326 valence electrons. The van der Waals surface area contributed by atoms with Gasteiger partial charge in [0.25, 0.3) is 0 Å². The summed E-state index contributed by atoms with van der Waals surface area (Å²) < 4.78 is 67.1. The minimum Gasteiger partial charge on any atom is -0.482 e. The van der Waals surface area contributed by atoms with Gasteiger partial charge in [-0.15, -0.1) is 0 Å². The first-order chi connectivity index (χ1) is 28.0. The monoisotopic (exact) mass is 836 g/mol. The van der Waals surface area contributed by atoms with Gasteiger partial charge in [-0.3, -0.25) is 0 Å². The van der Waals surface area contributed by atoms with Crippen LogP contribution in [-0.4, -0.2) is 93.5 Å². The number of hydrogen-bond donors (Lipinski definition) is 1. The minimum atomic E-state index is -2.36. The molecule has 0 radical (unpaired) electrons. The van der Waals surface area contributed by atoms with Gasteiger partial charge < -0.3 is 52.2 Å². The quantitative estimate of drug-likeness (QED) is 0.0923. The molecule has 0 saturated carbocycles. The van der Waals surface area contributed by atoms with Gasteiger partial charge in [0.1, 0.15) is 36.3 Å². The van der Waals surface area contributed by atoms with Crippen molar-refractivity contribution in [1.82, 2.24) is 0 Å². The number of rotatable bonds is 19. The maximum atomic E-state index is 10.6. The predicted octanol–water partition coefficient (Wildman–Crippen LogP) is 8.92. The SMILES string of the molecule is CC(C)[Si](OCC1O[C@@H](OCC2OC(OC(C)(C)O)CC3OC(C)(C)OC23)C(Oc2ccccc2)C(OCc2ccccc2)[C@@H]1OCc1ccccc1)(C(C)C)C(C)C. The summed E-state index contributed by atoms with van der Waals surface area (Å²) in [4.78, 5) is 0. The Morgan fingerprint density at radius 2 is 1.22 bits per heavy atom. The number of hydrogen-bond acceptors (Lipinski definition) is 11. The number of ether oxygens (including phenoxy) is 9. The highest BCUT2D eigenvalue weighted by Crippen LogP contribution is 2.44. The van der Waals surface area contributed by atoms with Gasteiger partial charge in [-0.1, -0.05) is 120 Å². The van der Waals surface area contributed by atoms with Crippen molar-refractivity contribution in [2.24, 2.45) is 0 Å². The highest BCUT2D eigenvalue weighted by Gasteiger charge is 2.54. The van der Waals surface area contributed by atoms with E-state index in [9.17, 15) is 5.11 Å². The standard InChI is InChI=1S/C47H68O11Si/c1-31(2)59(32(3)4,33(5)6)52-30-39-42(49-27-34-20-14-11-15-21-34)43(50-28-35-22-16-12-17-23-35)44(53-36-24-18-13-19-25-36)45(55-39)51-29-38-41-37(56-47(9,10)58-41)26-40(54-38)57-46(7,8)48/h11-25,31-33,37-45,48H,26-30H2,1-10H3/t37?,38?,39?,40?,41?,42-,43?,44?,45-/m1/s1. The van der Waals surface area contributed by atoms with E-state index < -0.39 is 69.1 Å². The van der Waals surface area contributed by atoms with Crippen molar-refractivity contribution >= 4 is 8.32 Å². The van der Waals surface area contributed by atoms with E-state index in [0.29, 0.717) is 42.0 Å². The van der Waals surface area contributed by atoms with Crippen molar-refractivity contribution in [3.8, 4) is 5.75 Å². The van der Waals surface area contributed by atoms with Crippen LogP contribution in [0.15, 0.2) is 91.0 Å². The molecule has 1 N–H and O–H groups in total. The minimum absolute atomic E-state index is 0.0445. The van der Waals surface area contributed by atoms with Crippen LogP contribution in [0.4, 0.5) is 0 Å². The molecular weight excluding hydrogens is 769 g/mol. The zero-order chi connectivity index (χ0) is 42.4.